The fraction of sp³-hybridized carbons (Fsp3) is 0.182. The van der Waals surface area contributed by atoms with Gasteiger partial charge < -0.3 is 0 Å². The van der Waals surface area contributed by atoms with Crippen LogP contribution < -0.4 is 0 Å². The second-order valence-electron chi connectivity index (χ2n) is 3.55. The van der Waals surface area contributed by atoms with Crippen molar-refractivity contribution in [3.8, 4) is 0 Å². The van der Waals surface area contributed by atoms with Crippen LogP contribution in [-0.4, -0.2) is 21.3 Å². The summed E-state index contributed by atoms with van der Waals surface area (Å²) in [4.78, 5) is 10.4. The minimum atomic E-state index is 0.322. The van der Waals surface area contributed by atoms with E-state index in [-0.39, 0.29) is 0 Å². The van der Waals surface area contributed by atoms with Gasteiger partial charge in [-0.3, -0.25) is 4.79 Å². The number of aldehydes is 1. The van der Waals surface area contributed by atoms with Crippen molar-refractivity contribution >= 4 is 17.9 Å². The van der Waals surface area contributed by atoms with Crippen LogP contribution in [0.15, 0.2) is 24.4 Å². The summed E-state index contributed by atoms with van der Waals surface area (Å²) >= 11 is 6.09. The number of carbonyl (C=O) groups excluding carboxylic acids is 1. The van der Waals surface area contributed by atoms with E-state index in [4.69, 9.17) is 11.6 Å². The first-order chi connectivity index (χ1) is 7.69. The molecule has 0 radical (unpaired) electrons. The van der Waals surface area contributed by atoms with Gasteiger partial charge in [-0.1, -0.05) is 28.9 Å². The molecule has 0 bridgehead atoms. The second-order valence-corrected chi connectivity index (χ2v) is 3.96. The molecule has 0 aliphatic rings. The molecule has 0 fully saturated rings. The van der Waals surface area contributed by atoms with Gasteiger partial charge in [0.2, 0.25) is 0 Å². The van der Waals surface area contributed by atoms with Gasteiger partial charge in [0.1, 0.15) is 5.69 Å². The Hall–Kier alpha value is -1.68. The highest BCUT2D eigenvalue weighted by atomic mass is 35.5. The van der Waals surface area contributed by atoms with E-state index in [1.807, 2.05) is 25.1 Å². The minimum absolute atomic E-state index is 0.322. The molecule has 0 saturated heterocycles. The van der Waals surface area contributed by atoms with Gasteiger partial charge in [-0.25, -0.2) is 4.68 Å². The average Bonchev–Trinajstić information content (AvgIpc) is 2.70. The maximum absolute atomic E-state index is 10.4. The highest BCUT2D eigenvalue weighted by Crippen LogP contribution is 2.18. The van der Waals surface area contributed by atoms with Crippen LogP contribution in [0.2, 0.25) is 5.02 Å². The van der Waals surface area contributed by atoms with Crippen molar-refractivity contribution in [1.29, 1.82) is 0 Å². The Labute approximate surface area is 97.8 Å². The zero-order valence-corrected chi connectivity index (χ0v) is 9.48. The molecule has 0 unspecified atom stereocenters. The number of aryl methyl sites for hydroxylation is 1. The molecule has 0 atom stereocenters. The number of hydrogen-bond acceptors (Lipinski definition) is 3. The van der Waals surface area contributed by atoms with Crippen LogP contribution in [-0.2, 0) is 6.54 Å². The summed E-state index contributed by atoms with van der Waals surface area (Å²) in [5.74, 6) is 0. The molecule has 0 amide bonds. The van der Waals surface area contributed by atoms with Crippen molar-refractivity contribution < 1.29 is 4.79 Å². The van der Waals surface area contributed by atoms with Gasteiger partial charge in [0.25, 0.3) is 0 Å². The minimum Gasteiger partial charge on any atom is -0.296 e. The number of aromatic nitrogens is 3. The first-order valence-corrected chi connectivity index (χ1v) is 5.17. The number of halogens is 1. The maximum Gasteiger partial charge on any atom is 0.171 e. The van der Waals surface area contributed by atoms with E-state index >= 15 is 0 Å². The molecule has 2 rings (SSSR count). The molecule has 0 spiro atoms. The Morgan fingerprint density at radius 1 is 1.50 bits per heavy atom. The molecule has 1 aromatic heterocycles. The van der Waals surface area contributed by atoms with E-state index in [1.54, 1.807) is 10.9 Å². The summed E-state index contributed by atoms with van der Waals surface area (Å²) in [6.45, 7) is 2.50. The van der Waals surface area contributed by atoms with Crippen molar-refractivity contribution in [3.05, 3.63) is 46.2 Å². The van der Waals surface area contributed by atoms with Gasteiger partial charge in [0.15, 0.2) is 6.29 Å². The lowest BCUT2D eigenvalue weighted by atomic mass is 10.1. The maximum atomic E-state index is 10.4. The van der Waals surface area contributed by atoms with Gasteiger partial charge in [-0.15, -0.1) is 5.10 Å². The van der Waals surface area contributed by atoms with E-state index in [9.17, 15) is 4.79 Å². The molecule has 1 heterocycles. The smallest absolute Gasteiger partial charge is 0.171 e. The van der Waals surface area contributed by atoms with Crippen LogP contribution in [0.1, 0.15) is 21.6 Å². The summed E-state index contributed by atoms with van der Waals surface area (Å²) in [5, 5.41) is 8.20. The zero-order chi connectivity index (χ0) is 11.5. The Balaban J connectivity index is 2.23. The van der Waals surface area contributed by atoms with Gasteiger partial charge in [0.05, 0.1) is 12.7 Å². The number of hydrogen-bond donors (Lipinski definition) is 0. The van der Waals surface area contributed by atoms with Gasteiger partial charge >= 0.3 is 0 Å². The molecule has 16 heavy (non-hydrogen) atoms. The van der Waals surface area contributed by atoms with Crippen LogP contribution >= 0.6 is 11.6 Å². The largest absolute Gasteiger partial charge is 0.296 e. The molecule has 0 aliphatic carbocycles. The van der Waals surface area contributed by atoms with Crippen LogP contribution in [0.3, 0.4) is 0 Å². The predicted octanol–water partition coefficient (Wildman–Crippen LogP) is 2.10. The van der Waals surface area contributed by atoms with E-state index in [0.717, 1.165) is 11.1 Å². The SMILES string of the molecule is Cc1ccc(Cn2cc(C=O)nn2)c(Cl)c1. The van der Waals surface area contributed by atoms with Crippen molar-refractivity contribution in [2.75, 3.05) is 0 Å². The number of benzene rings is 1. The number of nitrogens with zero attached hydrogens (tertiary/aromatic N) is 3. The Kier molecular flexibility index (Phi) is 3.01. The first-order valence-electron chi connectivity index (χ1n) is 4.79. The third-order valence-electron chi connectivity index (χ3n) is 2.22. The van der Waals surface area contributed by atoms with Crippen LogP contribution in [0.4, 0.5) is 0 Å². The van der Waals surface area contributed by atoms with Crippen molar-refractivity contribution in [2.45, 2.75) is 13.5 Å². The second kappa shape index (κ2) is 4.45. The third-order valence-corrected chi connectivity index (χ3v) is 2.57. The molecule has 82 valence electrons. The molecule has 4 nitrogen and oxygen atoms in total. The van der Waals surface area contributed by atoms with E-state index in [1.165, 1.54) is 0 Å². The molecular formula is C11H10ClN3O. The summed E-state index contributed by atoms with van der Waals surface area (Å²) in [6.07, 6.45) is 2.25. The van der Waals surface area contributed by atoms with E-state index in [2.05, 4.69) is 10.3 Å². The van der Waals surface area contributed by atoms with Crippen LogP contribution in [0.5, 0.6) is 0 Å². The zero-order valence-electron chi connectivity index (χ0n) is 8.72. The molecule has 0 aliphatic heterocycles. The number of carbonyl (C=O) groups is 1. The lowest BCUT2D eigenvalue weighted by Gasteiger charge is -2.04. The molecule has 5 heteroatoms. The summed E-state index contributed by atoms with van der Waals surface area (Å²) in [6, 6.07) is 5.83. The van der Waals surface area contributed by atoms with Gasteiger partial charge in [0, 0.05) is 5.02 Å². The van der Waals surface area contributed by atoms with Crippen molar-refractivity contribution in [2.24, 2.45) is 0 Å². The third kappa shape index (κ3) is 2.28. The summed E-state index contributed by atoms with van der Waals surface area (Å²) in [7, 11) is 0. The predicted molar refractivity (Wildman–Crippen MR) is 60.7 cm³/mol. The molecule has 1 aromatic carbocycles. The Morgan fingerprint density at radius 2 is 2.31 bits per heavy atom. The highest BCUT2D eigenvalue weighted by molar-refractivity contribution is 6.31. The lowest BCUT2D eigenvalue weighted by Crippen LogP contribution is -2.01. The van der Waals surface area contributed by atoms with Gasteiger partial charge in [-0.2, -0.15) is 0 Å². The highest BCUT2D eigenvalue weighted by Gasteiger charge is 2.04. The fourth-order valence-corrected chi connectivity index (χ4v) is 1.69. The van der Waals surface area contributed by atoms with E-state index < -0.39 is 0 Å². The summed E-state index contributed by atoms with van der Waals surface area (Å²) < 4.78 is 1.58. The van der Waals surface area contributed by atoms with Crippen LogP contribution in [0, 0.1) is 6.92 Å². The molecule has 0 saturated carbocycles. The Bertz CT molecular complexity index is 522. The normalized spacial score (nSPS) is 10.4. The van der Waals surface area contributed by atoms with Crippen molar-refractivity contribution in [3.63, 3.8) is 0 Å². The first kappa shape index (κ1) is 10.8. The molecule has 2 aromatic rings. The van der Waals surface area contributed by atoms with Gasteiger partial charge in [-0.05, 0) is 24.1 Å². The standard InChI is InChI=1S/C11H10ClN3O/c1-8-2-3-9(11(12)4-8)5-15-6-10(7-16)13-14-15/h2-4,6-7H,5H2,1H3. The fourth-order valence-electron chi connectivity index (χ4n) is 1.40. The summed E-state index contributed by atoms with van der Waals surface area (Å²) in [5.41, 5.74) is 2.39. The van der Waals surface area contributed by atoms with Crippen LogP contribution in [0.25, 0.3) is 0 Å². The number of rotatable bonds is 3. The monoisotopic (exact) mass is 235 g/mol. The molecule has 0 N–H and O–H groups in total. The molecular weight excluding hydrogens is 226 g/mol. The Morgan fingerprint density at radius 3 is 2.94 bits per heavy atom. The quantitative estimate of drug-likeness (QED) is 0.766. The average molecular weight is 236 g/mol. The van der Waals surface area contributed by atoms with E-state index in [0.29, 0.717) is 23.5 Å². The topological polar surface area (TPSA) is 47.8 Å². The van der Waals surface area contributed by atoms with Crippen molar-refractivity contribution in [1.82, 2.24) is 15.0 Å². The lowest BCUT2D eigenvalue weighted by molar-refractivity contribution is 0.111.